The van der Waals surface area contributed by atoms with Crippen LogP contribution in [0, 0.1) is 13.8 Å². The van der Waals surface area contributed by atoms with E-state index in [1.807, 2.05) is 34.7 Å². The summed E-state index contributed by atoms with van der Waals surface area (Å²) in [6.45, 7) is 7.25. The third kappa shape index (κ3) is 3.16. The van der Waals surface area contributed by atoms with E-state index in [0.717, 1.165) is 35.9 Å². The summed E-state index contributed by atoms with van der Waals surface area (Å²) in [5, 5.41) is 4.76. The highest BCUT2D eigenvalue weighted by Gasteiger charge is 2.27. The van der Waals surface area contributed by atoms with Crippen LogP contribution in [-0.2, 0) is 0 Å². The van der Waals surface area contributed by atoms with Crippen LogP contribution in [-0.4, -0.2) is 53.6 Å². The van der Waals surface area contributed by atoms with Crippen LogP contribution in [0.1, 0.15) is 21.7 Å². The van der Waals surface area contributed by atoms with Crippen molar-refractivity contribution >= 4 is 11.6 Å². The van der Waals surface area contributed by atoms with Crippen molar-refractivity contribution in [3.05, 3.63) is 65.5 Å². The molecule has 5 rings (SSSR count). The van der Waals surface area contributed by atoms with E-state index in [1.165, 1.54) is 0 Å². The molecule has 0 radical (unpaired) electrons. The number of piperazine rings is 1. The van der Waals surface area contributed by atoms with Crippen LogP contribution in [0.3, 0.4) is 0 Å². The third-order valence-electron chi connectivity index (χ3n) is 5.76. The van der Waals surface area contributed by atoms with E-state index in [0.29, 0.717) is 30.2 Å². The summed E-state index contributed by atoms with van der Waals surface area (Å²) >= 11 is 0. The molecule has 7 nitrogen and oxygen atoms in total. The van der Waals surface area contributed by atoms with Crippen LogP contribution < -0.4 is 14.4 Å². The topological polar surface area (TPSA) is 59.8 Å². The summed E-state index contributed by atoms with van der Waals surface area (Å²) in [5.41, 5.74) is 4.98. The summed E-state index contributed by atoms with van der Waals surface area (Å²) in [7, 11) is 0. The number of hydrogen-bond donors (Lipinski definition) is 0. The van der Waals surface area contributed by atoms with Gasteiger partial charge in [0.15, 0.2) is 11.5 Å². The summed E-state index contributed by atoms with van der Waals surface area (Å²) in [4.78, 5) is 17.2. The van der Waals surface area contributed by atoms with Gasteiger partial charge in [0.1, 0.15) is 0 Å². The number of aromatic nitrogens is 2. The zero-order valence-electron chi connectivity index (χ0n) is 17.2. The molecular weight excluding hydrogens is 380 g/mol. The lowest BCUT2D eigenvalue weighted by molar-refractivity contribution is 0.0746. The van der Waals surface area contributed by atoms with E-state index in [-0.39, 0.29) is 12.7 Å². The van der Waals surface area contributed by atoms with Crippen molar-refractivity contribution in [1.82, 2.24) is 14.7 Å². The zero-order chi connectivity index (χ0) is 20.7. The number of ether oxygens (including phenoxy) is 2. The van der Waals surface area contributed by atoms with Crippen molar-refractivity contribution in [2.75, 3.05) is 37.9 Å². The first-order valence-electron chi connectivity index (χ1n) is 10.2. The number of nitrogens with zero attached hydrogens (tertiary/aromatic N) is 4. The molecule has 3 aromatic rings. The van der Waals surface area contributed by atoms with E-state index in [1.54, 1.807) is 18.2 Å². The SMILES string of the molecule is Cc1nn(-c2ccccc2)c(C)c1N1CCN(C(=O)c2ccc3c(c2)OCO3)CC1. The molecule has 0 aliphatic carbocycles. The number of rotatable bonds is 3. The van der Waals surface area contributed by atoms with Gasteiger partial charge in [-0.05, 0) is 44.2 Å². The quantitative estimate of drug-likeness (QED) is 0.671. The van der Waals surface area contributed by atoms with Crippen molar-refractivity contribution in [2.45, 2.75) is 13.8 Å². The first-order valence-corrected chi connectivity index (χ1v) is 10.2. The van der Waals surface area contributed by atoms with Crippen LogP contribution in [0.5, 0.6) is 11.5 Å². The lowest BCUT2D eigenvalue weighted by Gasteiger charge is -2.36. The molecule has 0 unspecified atom stereocenters. The number of anilines is 1. The minimum absolute atomic E-state index is 0.0291. The van der Waals surface area contributed by atoms with Gasteiger partial charge in [0.05, 0.1) is 22.8 Å². The molecule has 30 heavy (non-hydrogen) atoms. The maximum absolute atomic E-state index is 13.0. The normalized spacial score (nSPS) is 15.5. The Bertz CT molecular complexity index is 1090. The molecular formula is C23H24N4O3. The van der Waals surface area contributed by atoms with Crippen LogP contribution >= 0.6 is 0 Å². The molecule has 0 N–H and O–H groups in total. The second-order valence-corrected chi connectivity index (χ2v) is 7.61. The summed E-state index contributed by atoms with van der Waals surface area (Å²) < 4.78 is 12.7. The summed E-state index contributed by atoms with van der Waals surface area (Å²) in [6.07, 6.45) is 0. The molecule has 2 aromatic carbocycles. The van der Waals surface area contributed by atoms with Crippen molar-refractivity contribution in [2.24, 2.45) is 0 Å². The molecule has 1 amide bonds. The van der Waals surface area contributed by atoms with Gasteiger partial charge in [0.2, 0.25) is 6.79 Å². The Morgan fingerprint density at radius 2 is 1.67 bits per heavy atom. The number of para-hydroxylation sites is 1. The second-order valence-electron chi connectivity index (χ2n) is 7.61. The van der Waals surface area contributed by atoms with Gasteiger partial charge in [-0.1, -0.05) is 18.2 Å². The number of benzene rings is 2. The van der Waals surface area contributed by atoms with Crippen molar-refractivity contribution < 1.29 is 14.3 Å². The van der Waals surface area contributed by atoms with E-state index in [9.17, 15) is 4.79 Å². The maximum Gasteiger partial charge on any atom is 0.254 e. The Kier molecular flexibility index (Phi) is 4.58. The zero-order valence-corrected chi connectivity index (χ0v) is 17.2. The molecule has 0 saturated carbocycles. The highest BCUT2D eigenvalue weighted by atomic mass is 16.7. The molecule has 0 bridgehead atoms. The fourth-order valence-electron chi connectivity index (χ4n) is 4.26. The number of aryl methyl sites for hydroxylation is 1. The maximum atomic E-state index is 13.0. The van der Waals surface area contributed by atoms with E-state index in [4.69, 9.17) is 14.6 Å². The van der Waals surface area contributed by atoms with Gasteiger partial charge in [-0.3, -0.25) is 4.79 Å². The summed E-state index contributed by atoms with van der Waals surface area (Å²) in [6, 6.07) is 15.5. The van der Waals surface area contributed by atoms with Crippen LogP contribution in [0.2, 0.25) is 0 Å². The molecule has 3 heterocycles. The van der Waals surface area contributed by atoms with E-state index >= 15 is 0 Å². The van der Waals surface area contributed by atoms with Crippen molar-refractivity contribution in [1.29, 1.82) is 0 Å². The third-order valence-corrected chi connectivity index (χ3v) is 5.76. The monoisotopic (exact) mass is 404 g/mol. The lowest BCUT2D eigenvalue weighted by atomic mass is 10.1. The van der Waals surface area contributed by atoms with E-state index < -0.39 is 0 Å². The Morgan fingerprint density at radius 3 is 2.43 bits per heavy atom. The second kappa shape index (κ2) is 7.40. The average Bonchev–Trinajstić information content (AvgIpc) is 3.37. The van der Waals surface area contributed by atoms with Crippen molar-refractivity contribution in [3.63, 3.8) is 0 Å². The number of hydrogen-bond acceptors (Lipinski definition) is 5. The first kappa shape index (κ1) is 18.5. The molecule has 2 aliphatic rings. The molecule has 0 spiro atoms. The molecule has 2 aliphatic heterocycles. The summed E-state index contributed by atoms with van der Waals surface area (Å²) in [5.74, 6) is 1.36. The van der Waals surface area contributed by atoms with Crippen LogP contribution in [0.25, 0.3) is 5.69 Å². The highest BCUT2D eigenvalue weighted by Crippen LogP contribution is 2.33. The van der Waals surface area contributed by atoms with Gasteiger partial charge >= 0.3 is 0 Å². The smallest absolute Gasteiger partial charge is 0.254 e. The Hall–Kier alpha value is -3.48. The van der Waals surface area contributed by atoms with Gasteiger partial charge < -0.3 is 19.3 Å². The van der Waals surface area contributed by atoms with Crippen LogP contribution in [0.4, 0.5) is 5.69 Å². The minimum atomic E-state index is 0.0291. The fourth-order valence-corrected chi connectivity index (χ4v) is 4.26. The average molecular weight is 404 g/mol. The van der Waals surface area contributed by atoms with E-state index in [2.05, 4.69) is 24.0 Å². The first-order chi connectivity index (χ1) is 14.6. The van der Waals surface area contributed by atoms with Gasteiger partial charge in [0.25, 0.3) is 5.91 Å². The number of carbonyl (C=O) groups is 1. The number of amides is 1. The Labute approximate surface area is 175 Å². The molecule has 1 fully saturated rings. The standard InChI is InChI=1S/C23H24N4O3/c1-16-22(17(2)27(24-16)19-6-4-3-5-7-19)25-10-12-26(13-11-25)23(28)18-8-9-20-21(14-18)30-15-29-20/h3-9,14H,10-13,15H2,1-2H3. The Morgan fingerprint density at radius 1 is 0.933 bits per heavy atom. The lowest BCUT2D eigenvalue weighted by Crippen LogP contribution is -2.49. The van der Waals surface area contributed by atoms with Gasteiger partial charge in [-0.2, -0.15) is 5.10 Å². The fraction of sp³-hybridized carbons (Fsp3) is 0.304. The molecule has 154 valence electrons. The van der Waals surface area contributed by atoms with Gasteiger partial charge in [-0.25, -0.2) is 4.68 Å². The number of carbonyl (C=O) groups excluding carboxylic acids is 1. The highest BCUT2D eigenvalue weighted by molar-refractivity contribution is 5.95. The van der Waals surface area contributed by atoms with Crippen molar-refractivity contribution in [3.8, 4) is 17.2 Å². The predicted molar refractivity (Wildman–Crippen MR) is 114 cm³/mol. The van der Waals surface area contributed by atoms with Crippen LogP contribution in [0.15, 0.2) is 48.5 Å². The molecule has 1 saturated heterocycles. The minimum Gasteiger partial charge on any atom is -0.454 e. The molecule has 0 atom stereocenters. The molecule has 7 heteroatoms. The number of fused-ring (bicyclic) bond motifs is 1. The Balaban J connectivity index is 1.31. The molecule has 1 aromatic heterocycles. The predicted octanol–water partition coefficient (Wildman–Crippen LogP) is 3.18. The largest absolute Gasteiger partial charge is 0.454 e. The van der Waals surface area contributed by atoms with Gasteiger partial charge in [0, 0.05) is 31.7 Å². The van der Waals surface area contributed by atoms with Gasteiger partial charge in [-0.15, -0.1) is 0 Å².